The zero-order chi connectivity index (χ0) is 14.3. The minimum atomic E-state index is -0.981. The van der Waals surface area contributed by atoms with Gasteiger partial charge >= 0.3 is 17.9 Å². The lowest BCUT2D eigenvalue weighted by Crippen LogP contribution is -2.16. The van der Waals surface area contributed by atoms with Crippen molar-refractivity contribution in [3.63, 3.8) is 0 Å². The van der Waals surface area contributed by atoms with Crippen molar-refractivity contribution in [3.05, 3.63) is 48.0 Å². The molecule has 0 amide bonds. The number of hydrogen-bond acceptors (Lipinski definition) is 5. The highest BCUT2D eigenvalue weighted by molar-refractivity contribution is 5.93. The van der Waals surface area contributed by atoms with E-state index in [-0.39, 0.29) is 13.2 Å². The first-order chi connectivity index (χ1) is 9.04. The van der Waals surface area contributed by atoms with Crippen LogP contribution in [0.3, 0.4) is 0 Å². The summed E-state index contributed by atoms with van der Waals surface area (Å²) in [4.78, 5) is 31.8. The number of aliphatic carboxylic acids is 1. The van der Waals surface area contributed by atoms with Gasteiger partial charge in [-0.15, -0.1) is 0 Å². The van der Waals surface area contributed by atoms with Crippen LogP contribution in [0.4, 0.5) is 0 Å². The van der Waals surface area contributed by atoms with E-state index >= 15 is 0 Å². The summed E-state index contributed by atoms with van der Waals surface area (Å²) >= 11 is 0. The van der Waals surface area contributed by atoms with E-state index in [4.69, 9.17) is 14.6 Å². The fourth-order valence-electron chi connectivity index (χ4n) is 1.18. The summed E-state index contributed by atoms with van der Waals surface area (Å²) in [5.74, 6) is -1.77. The van der Waals surface area contributed by atoms with Crippen LogP contribution in [0.5, 0.6) is 0 Å². The van der Waals surface area contributed by atoms with Crippen molar-refractivity contribution >= 4 is 17.9 Å². The maximum atomic E-state index is 11.3. The molecule has 0 aromatic heterocycles. The number of carbonyl (C=O) groups is 3. The molecule has 19 heavy (non-hydrogen) atoms. The Labute approximate surface area is 109 Å². The van der Waals surface area contributed by atoms with Gasteiger partial charge in [-0.2, -0.15) is 0 Å². The molecule has 6 nitrogen and oxygen atoms in total. The van der Waals surface area contributed by atoms with Crippen molar-refractivity contribution in [1.29, 1.82) is 0 Å². The molecule has 1 N–H and O–H groups in total. The van der Waals surface area contributed by atoms with Crippen molar-refractivity contribution < 1.29 is 29.0 Å². The van der Waals surface area contributed by atoms with Crippen LogP contribution in [0, 0.1) is 0 Å². The molecule has 1 aromatic rings. The lowest BCUT2D eigenvalue weighted by molar-refractivity contribution is -0.131. The van der Waals surface area contributed by atoms with Crippen LogP contribution in [-0.2, 0) is 14.3 Å². The average molecular weight is 264 g/mol. The highest BCUT2D eigenvalue weighted by atomic mass is 16.6. The Hall–Kier alpha value is -2.63. The Morgan fingerprint density at radius 2 is 1.37 bits per heavy atom. The summed E-state index contributed by atoms with van der Waals surface area (Å²) in [7, 11) is 0. The third-order valence-corrected chi connectivity index (χ3v) is 2.08. The quantitative estimate of drug-likeness (QED) is 0.606. The summed E-state index contributed by atoms with van der Waals surface area (Å²) in [5, 5.41) is 7.60. The zero-order valence-corrected chi connectivity index (χ0v) is 10.00. The number of benzene rings is 1. The van der Waals surface area contributed by atoms with E-state index in [2.05, 4.69) is 6.58 Å². The van der Waals surface area contributed by atoms with Crippen molar-refractivity contribution in [1.82, 2.24) is 0 Å². The Morgan fingerprint density at radius 3 is 1.63 bits per heavy atom. The first-order valence-corrected chi connectivity index (χ1v) is 5.34. The maximum Gasteiger partial charge on any atom is 0.338 e. The minimum absolute atomic E-state index is 0.100. The molecule has 100 valence electrons. The zero-order valence-electron chi connectivity index (χ0n) is 10.00. The van der Waals surface area contributed by atoms with Crippen LogP contribution in [-0.4, -0.2) is 36.2 Å². The second-order valence-electron chi connectivity index (χ2n) is 3.39. The number of carboxylic acids is 1. The van der Waals surface area contributed by atoms with E-state index in [0.717, 1.165) is 6.08 Å². The third kappa shape index (κ3) is 4.63. The fourth-order valence-corrected chi connectivity index (χ4v) is 1.18. The molecule has 1 aromatic carbocycles. The molecule has 0 saturated heterocycles. The van der Waals surface area contributed by atoms with Crippen LogP contribution in [0.2, 0.25) is 0 Å². The lowest BCUT2D eigenvalue weighted by atomic mass is 10.1. The van der Waals surface area contributed by atoms with Gasteiger partial charge in [0, 0.05) is 6.08 Å². The molecule has 0 spiro atoms. The third-order valence-electron chi connectivity index (χ3n) is 2.08. The van der Waals surface area contributed by atoms with Crippen molar-refractivity contribution in [2.75, 3.05) is 13.2 Å². The van der Waals surface area contributed by atoms with Crippen LogP contribution < -0.4 is 0 Å². The predicted molar refractivity (Wildman–Crippen MR) is 64.8 cm³/mol. The fraction of sp³-hybridized carbons (Fsp3) is 0.154. The normalized spacial score (nSPS) is 13.5. The van der Waals surface area contributed by atoms with Crippen molar-refractivity contribution in [2.24, 2.45) is 0 Å². The maximum absolute atomic E-state index is 11.3. The Balaban J connectivity index is 0.000000312. The molecular weight excluding hydrogens is 252 g/mol. The van der Waals surface area contributed by atoms with Gasteiger partial charge in [-0.1, -0.05) is 6.58 Å². The predicted octanol–water partition coefficient (Wildman–Crippen LogP) is 1.27. The standard InChI is InChI=1S/C10H8O4.C3H4O2/c11-9-7-1-2-8(4-3-7)10(12)14-6-5-13-9;1-2-3(4)5/h1-4H,5-6H2;2H,1H2,(H,4,5). The molecule has 2 aliphatic heterocycles. The summed E-state index contributed by atoms with van der Waals surface area (Å²) in [6.45, 7) is 3.16. The van der Waals surface area contributed by atoms with Crippen LogP contribution in [0.25, 0.3) is 0 Å². The first-order valence-electron chi connectivity index (χ1n) is 5.34. The van der Waals surface area contributed by atoms with E-state index in [9.17, 15) is 14.4 Å². The number of fused-ring (bicyclic) bond motifs is 7. The summed E-state index contributed by atoms with van der Waals surface area (Å²) < 4.78 is 9.66. The molecule has 2 bridgehead atoms. The van der Waals surface area contributed by atoms with Crippen LogP contribution >= 0.6 is 0 Å². The number of carbonyl (C=O) groups excluding carboxylic acids is 2. The summed E-state index contributed by atoms with van der Waals surface area (Å²) in [5.41, 5.74) is 0.895. The van der Waals surface area contributed by atoms with E-state index in [1.54, 1.807) is 24.3 Å². The second kappa shape index (κ2) is 6.95. The monoisotopic (exact) mass is 264 g/mol. The van der Waals surface area contributed by atoms with Gasteiger partial charge < -0.3 is 14.6 Å². The van der Waals surface area contributed by atoms with Gasteiger partial charge in [0.15, 0.2) is 0 Å². The highest BCUT2D eigenvalue weighted by Gasteiger charge is 2.13. The van der Waals surface area contributed by atoms with E-state index in [1.807, 2.05) is 0 Å². The second-order valence-corrected chi connectivity index (χ2v) is 3.39. The molecule has 0 saturated carbocycles. The summed E-state index contributed by atoms with van der Waals surface area (Å²) in [6, 6.07) is 6.18. The molecule has 2 aliphatic rings. The summed E-state index contributed by atoms with van der Waals surface area (Å²) in [6.07, 6.45) is 0.833. The molecule has 0 fully saturated rings. The molecule has 2 heterocycles. The van der Waals surface area contributed by atoms with E-state index < -0.39 is 17.9 Å². The Kier molecular flexibility index (Phi) is 5.28. The van der Waals surface area contributed by atoms with Crippen LogP contribution in [0.1, 0.15) is 20.7 Å². The molecule has 0 aliphatic carbocycles. The molecule has 0 radical (unpaired) electrons. The highest BCUT2D eigenvalue weighted by Crippen LogP contribution is 2.09. The van der Waals surface area contributed by atoms with Crippen molar-refractivity contribution in [2.45, 2.75) is 0 Å². The van der Waals surface area contributed by atoms with Gasteiger partial charge in [-0.05, 0) is 24.3 Å². The van der Waals surface area contributed by atoms with Gasteiger partial charge in [0.2, 0.25) is 0 Å². The lowest BCUT2D eigenvalue weighted by Gasteiger charge is -2.09. The SMILES string of the molecule is C=CC(=O)O.O=C1OCCOC(=O)c2ccc1cc2. The molecular formula is C13H12O6. The van der Waals surface area contributed by atoms with Gasteiger partial charge in [0.1, 0.15) is 13.2 Å². The molecule has 6 heteroatoms. The Bertz CT molecular complexity index is 451. The largest absolute Gasteiger partial charge is 0.478 e. The number of hydrogen-bond donors (Lipinski definition) is 1. The number of esters is 2. The molecule has 0 atom stereocenters. The van der Waals surface area contributed by atoms with Gasteiger partial charge in [0.25, 0.3) is 0 Å². The van der Waals surface area contributed by atoms with E-state index in [0.29, 0.717) is 11.1 Å². The number of rotatable bonds is 1. The number of ether oxygens (including phenoxy) is 2. The Morgan fingerprint density at radius 1 is 1.05 bits per heavy atom. The van der Waals surface area contributed by atoms with Gasteiger partial charge in [-0.25, -0.2) is 14.4 Å². The topological polar surface area (TPSA) is 89.9 Å². The molecule has 0 unspecified atom stereocenters. The smallest absolute Gasteiger partial charge is 0.338 e. The van der Waals surface area contributed by atoms with Crippen LogP contribution in [0.15, 0.2) is 36.9 Å². The first kappa shape index (κ1) is 14.4. The van der Waals surface area contributed by atoms with Crippen molar-refractivity contribution in [3.8, 4) is 0 Å². The number of carboxylic acid groups (broad SMARTS) is 1. The van der Waals surface area contributed by atoms with E-state index in [1.165, 1.54) is 0 Å². The average Bonchev–Trinajstić information content (AvgIpc) is 2.43. The van der Waals surface area contributed by atoms with Gasteiger partial charge in [-0.3, -0.25) is 0 Å². The molecule has 3 rings (SSSR count). The van der Waals surface area contributed by atoms with Gasteiger partial charge in [0.05, 0.1) is 11.1 Å². The minimum Gasteiger partial charge on any atom is -0.478 e.